The van der Waals surface area contributed by atoms with E-state index >= 15 is 0 Å². The maximum atomic E-state index is 4.75. The van der Waals surface area contributed by atoms with Crippen molar-refractivity contribution in [2.75, 3.05) is 37.5 Å². The van der Waals surface area contributed by atoms with Crippen molar-refractivity contribution < 1.29 is 0 Å². The molecule has 0 bridgehead atoms. The predicted octanol–water partition coefficient (Wildman–Crippen LogP) is 2.36. The van der Waals surface area contributed by atoms with E-state index in [1.807, 2.05) is 24.9 Å². The smallest absolute Gasteiger partial charge is 0.148 e. The van der Waals surface area contributed by atoms with E-state index in [0.717, 1.165) is 29.6 Å². The van der Waals surface area contributed by atoms with Crippen molar-refractivity contribution in [2.24, 2.45) is 0 Å². The van der Waals surface area contributed by atoms with Crippen LogP contribution in [0.25, 0.3) is 0 Å². The van der Waals surface area contributed by atoms with E-state index in [9.17, 15) is 0 Å². The molecule has 1 aliphatic heterocycles. The largest absolute Gasteiger partial charge is 0.373 e. The molecule has 0 radical (unpaired) electrons. The zero-order valence-electron chi connectivity index (χ0n) is 11.6. The van der Waals surface area contributed by atoms with Gasteiger partial charge in [-0.25, -0.2) is 9.97 Å². The Morgan fingerprint density at radius 2 is 2.22 bits per heavy atom. The summed E-state index contributed by atoms with van der Waals surface area (Å²) in [6.45, 7) is 5.45. The fourth-order valence-electron chi connectivity index (χ4n) is 2.02. The van der Waals surface area contributed by atoms with Gasteiger partial charge in [0.05, 0.1) is 6.04 Å². The van der Waals surface area contributed by atoms with Crippen molar-refractivity contribution in [3.63, 3.8) is 0 Å². The molecule has 1 fully saturated rings. The second-order valence-corrected chi connectivity index (χ2v) is 6.16. The molecule has 1 aromatic heterocycles. The summed E-state index contributed by atoms with van der Waals surface area (Å²) < 4.78 is 0. The molecule has 1 aromatic rings. The minimum Gasteiger partial charge on any atom is -0.373 e. The standard InChI is InChI=1S/C13H22N4S/c1-9(2)10-7-12(14-3)16-13(15-10)11-8-18-6-5-17(11)4/h7,9,11H,5-6,8H2,1-4H3,(H,14,15,16). The normalized spacial score (nSPS) is 21.3. The Bertz CT molecular complexity index is 408. The average Bonchev–Trinajstić information content (AvgIpc) is 2.38. The third kappa shape index (κ3) is 2.95. The number of aromatic nitrogens is 2. The molecular weight excluding hydrogens is 244 g/mol. The lowest BCUT2D eigenvalue weighted by Gasteiger charge is -2.31. The molecule has 1 atom stereocenters. The lowest BCUT2D eigenvalue weighted by molar-refractivity contribution is 0.264. The number of rotatable bonds is 3. The molecule has 1 unspecified atom stereocenters. The molecule has 1 saturated heterocycles. The topological polar surface area (TPSA) is 41.1 Å². The van der Waals surface area contributed by atoms with Crippen LogP contribution in [0.4, 0.5) is 5.82 Å². The number of anilines is 1. The van der Waals surface area contributed by atoms with Crippen molar-refractivity contribution in [2.45, 2.75) is 25.8 Å². The summed E-state index contributed by atoms with van der Waals surface area (Å²) in [5, 5.41) is 3.14. The van der Waals surface area contributed by atoms with Gasteiger partial charge < -0.3 is 5.32 Å². The first-order valence-electron chi connectivity index (χ1n) is 6.46. The van der Waals surface area contributed by atoms with Crippen molar-refractivity contribution in [3.05, 3.63) is 17.6 Å². The van der Waals surface area contributed by atoms with Crippen LogP contribution in [0.3, 0.4) is 0 Å². The Morgan fingerprint density at radius 3 is 2.83 bits per heavy atom. The number of hydrogen-bond donors (Lipinski definition) is 1. The highest BCUT2D eigenvalue weighted by molar-refractivity contribution is 7.99. The highest BCUT2D eigenvalue weighted by Crippen LogP contribution is 2.27. The summed E-state index contributed by atoms with van der Waals surface area (Å²) in [5.41, 5.74) is 1.12. The summed E-state index contributed by atoms with van der Waals surface area (Å²) in [4.78, 5) is 11.7. The molecule has 5 heteroatoms. The van der Waals surface area contributed by atoms with Gasteiger partial charge in [0.2, 0.25) is 0 Å². The van der Waals surface area contributed by atoms with Crippen LogP contribution in [-0.4, -0.2) is 47.0 Å². The van der Waals surface area contributed by atoms with E-state index in [-0.39, 0.29) is 0 Å². The number of nitrogens with zero attached hydrogens (tertiary/aromatic N) is 3. The second kappa shape index (κ2) is 5.89. The average molecular weight is 266 g/mol. The number of thioether (sulfide) groups is 1. The first-order valence-corrected chi connectivity index (χ1v) is 7.62. The first-order chi connectivity index (χ1) is 8.61. The maximum Gasteiger partial charge on any atom is 0.148 e. The van der Waals surface area contributed by atoms with Gasteiger partial charge in [0.1, 0.15) is 11.6 Å². The molecule has 2 rings (SSSR count). The molecule has 1 N–H and O–H groups in total. The lowest BCUT2D eigenvalue weighted by Crippen LogP contribution is -2.34. The van der Waals surface area contributed by atoms with Crippen LogP contribution in [0.5, 0.6) is 0 Å². The molecule has 100 valence electrons. The molecule has 0 amide bonds. The lowest BCUT2D eigenvalue weighted by atomic mass is 10.1. The van der Waals surface area contributed by atoms with Crippen molar-refractivity contribution in [1.82, 2.24) is 14.9 Å². The van der Waals surface area contributed by atoms with Gasteiger partial charge in [0.25, 0.3) is 0 Å². The van der Waals surface area contributed by atoms with Crippen molar-refractivity contribution in [1.29, 1.82) is 0 Å². The SMILES string of the molecule is CNc1cc(C(C)C)nc(C2CSCCN2C)n1. The number of nitrogens with one attached hydrogen (secondary N) is 1. The van der Waals surface area contributed by atoms with Crippen LogP contribution in [0.15, 0.2) is 6.07 Å². The minimum atomic E-state index is 0.342. The molecule has 1 aliphatic rings. The highest BCUT2D eigenvalue weighted by atomic mass is 32.2. The van der Waals surface area contributed by atoms with Gasteiger partial charge in [-0.1, -0.05) is 13.8 Å². The predicted molar refractivity (Wildman–Crippen MR) is 78.4 cm³/mol. The maximum absolute atomic E-state index is 4.75. The van der Waals surface area contributed by atoms with Crippen LogP contribution >= 0.6 is 11.8 Å². The molecule has 0 aliphatic carbocycles. The van der Waals surface area contributed by atoms with E-state index in [0.29, 0.717) is 12.0 Å². The zero-order chi connectivity index (χ0) is 13.1. The molecule has 2 heterocycles. The summed E-state index contributed by atoms with van der Waals surface area (Å²) in [7, 11) is 4.07. The molecule has 0 saturated carbocycles. The quantitative estimate of drug-likeness (QED) is 0.909. The van der Waals surface area contributed by atoms with E-state index in [2.05, 4.69) is 36.1 Å². The van der Waals surface area contributed by atoms with E-state index < -0.39 is 0 Å². The Morgan fingerprint density at radius 1 is 1.44 bits per heavy atom. The summed E-state index contributed by atoms with van der Waals surface area (Å²) in [6, 6.07) is 2.39. The zero-order valence-corrected chi connectivity index (χ0v) is 12.4. The van der Waals surface area contributed by atoms with Gasteiger partial charge in [-0.3, -0.25) is 4.90 Å². The van der Waals surface area contributed by atoms with Gasteiger partial charge >= 0.3 is 0 Å². The molecule has 0 spiro atoms. The molecule has 18 heavy (non-hydrogen) atoms. The summed E-state index contributed by atoms with van der Waals surface area (Å²) >= 11 is 1.99. The Hall–Kier alpha value is -0.810. The molecule has 0 aromatic carbocycles. The van der Waals surface area contributed by atoms with E-state index in [4.69, 9.17) is 4.98 Å². The van der Waals surface area contributed by atoms with Gasteiger partial charge in [-0.15, -0.1) is 0 Å². The minimum absolute atomic E-state index is 0.342. The number of hydrogen-bond acceptors (Lipinski definition) is 5. The van der Waals surface area contributed by atoms with Gasteiger partial charge in [0.15, 0.2) is 0 Å². The summed E-state index contributed by atoms with van der Waals surface area (Å²) in [5.74, 6) is 4.60. The van der Waals surface area contributed by atoms with Gasteiger partial charge in [-0.05, 0) is 13.0 Å². The second-order valence-electron chi connectivity index (χ2n) is 5.01. The van der Waals surface area contributed by atoms with Gasteiger partial charge in [-0.2, -0.15) is 11.8 Å². The van der Waals surface area contributed by atoms with Crippen LogP contribution in [0, 0.1) is 0 Å². The van der Waals surface area contributed by atoms with Crippen LogP contribution in [-0.2, 0) is 0 Å². The van der Waals surface area contributed by atoms with E-state index in [1.165, 1.54) is 5.75 Å². The van der Waals surface area contributed by atoms with Crippen molar-refractivity contribution in [3.8, 4) is 0 Å². The Balaban J connectivity index is 2.33. The first kappa shape index (κ1) is 13.6. The fraction of sp³-hybridized carbons (Fsp3) is 0.692. The molecule has 4 nitrogen and oxygen atoms in total. The monoisotopic (exact) mass is 266 g/mol. The van der Waals surface area contributed by atoms with Crippen LogP contribution in [0.1, 0.15) is 37.3 Å². The Kier molecular flexibility index (Phi) is 4.45. The highest BCUT2D eigenvalue weighted by Gasteiger charge is 2.24. The van der Waals surface area contributed by atoms with Gasteiger partial charge in [0, 0.05) is 36.9 Å². The summed E-state index contributed by atoms with van der Waals surface area (Å²) in [6.07, 6.45) is 0. The van der Waals surface area contributed by atoms with Crippen LogP contribution < -0.4 is 5.32 Å². The van der Waals surface area contributed by atoms with E-state index in [1.54, 1.807) is 0 Å². The van der Waals surface area contributed by atoms with Crippen LogP contribution in [0.2, 0.25) is 0 Å². The molecular formula is C13H22N4S. The third-order valence-corrected chi connectivity index (χ3v) is 4.33. The Labute approximate surface area is 114 Å². The van der Waals surface area contributed by atoms with Crippen molar-refractivity contribution >= 4 is 17.6 Å². The third-order valence-electron chi connectivity index (χ3n) is 3.31. The fourth-order valence-corrected chi connectivity index (χ4v) is 3.23.